The highest BCUT2D eigenvalue weighted by Gasteiger charge is 2.49. The Labute approximate surface area is 61.0 Å². The minimum absolute atomic E-state index is 0.0966. The first-order valence-corrected chi connectivity index (χ1v) is 4.04. The quantitative estimate of drug-likeness (QED) is 0.534. The molecule has 2 heteroatoms. The minimum atomic E-state index is 0.0966. The number of hydrogen-bond donors (Lipinski definition) is 1. The van der Waals surface area contributed by atoms with Crippen LogP contribution < -0.4 is 5.32 Å². The Bertz CT molecular complexity index is 172. The largest absolute Gasteiger partial charge is 0.353 e. The second kappa shape index (κ2) is 1.74. The van der Waals surface area contributed by atoms with Crippen molar-refractivity contribution in [1.82, 2.24) is 5.32 Å². The maximum Gasteiger partial charge on any atom is 0.226 e. The van der Waals surface area contributed by atoms with Gasteiger partial charge in [0.15, 0.2) is 0 Å². The molecule has 1 aliphatic heterocycles. The van der Waals surface area contributed by atoms with Gasteiger partial charge in [-0.2, -0.15) is 0 Å². The van der Waals surface area contributed by atoms with Gasteiger partial charge in [0.1, 0.15) is 0 Å². The number of hydrogen-bond acceptors (Lipinski definition) is 1. The fraction of sp³-hybridized carbons (Fsp3) is 0.875. The molecule has 1 saturated heterocycles. The Morgan fingerprint density at radius 2 is 2.30 bits per heavy atom. The molecule has 0 bridgehead atoms. The van der Waals surface area contributed by atoms with Crippen molar-refractivity contribution in [1.29, 1.82) is 0 Å². The van der Waals surface area contributed by atoms with Crippen LogP contribution in [0.3, 0.4) is 0 Å². The summed E-state index contributed by atoms with van der Waals surface area (Å²) in [6, 6.07) is 0.424. The first-order chi connectivity index (χ1) is 4.73. The maximum absolute atomic E-state index is 11.3. The second-order valence-electron chi connectivity index (χ2n) is 3.71. The molecule has 56 valence electrons. The summed E-state index contributed by atoms with van der Waals surface area (Å²) in [5.41, 5.74) is 0.0966. The SMILES string of the molecule is C[C@H]1CC2(CCC2)C(=O)N1. The van der Waals surface area contributed by atoms with Crippen molar-refractivity contribution in [2.75, 3.05) is 0 Å². The van der Waals surface area contributed by atoms with Crippen molar-refractivity contribution in [3.8, 4) is 0 Å². The molecule has 1 spiro atoms. The van der Waals surface area contributed by atoms with Crippen molar-refractivity contribution >= 4 is 5.91 Å². The molecular weight excluding hydrogens is 126 g/mol. The Morgan fingerprint density at radius 3 is 2.50 bits per heavy atom. The third-order valence-electron chi connectivity index (χ3n) is 2.87. The summed E-state index contributed by atoms with van der Waals surface area (Å²) in [7, 11) is 0. The Hall–Kier alpha value is -0.530. The Morgan fingerprint density at radius 1 is 1.60 bits per heavy atom. The van der Waals surface area contributed by atoms with Crippen molar-refractivity contribution in [3.63, 3.8) is 0 Å². The van der Waals surface area contributed by atoms with Gasteiger partial charge in [-0.25, -0.2) is 0 Å². The van der Waals surface area contributed by atoms with Crippen LogP contribution in [0.1, 0.15) is 32.6 Å². The molecule has 1 amide bonds. The zero-order valence-electron chi connectivity index (χ0n) is 6.31. The van der Waals surface area contributed by atoms with E-state index in [4.69, 9.17) is 0 Å². The molecule has 2 nitrogen and oxygen atoms in total. The van der Waals surface area contributed by atoms with E-state index in [0.29, 0.717) is 11.9 Å². The molecule has 1 N–H and O–H groups in total. The number of nitrogens with one attached hydrogen (secondary N) is 1. The van der Waals surface area contributed by atoms with Gasteiger partial charge in [-0.1, -0.05) is 6.42 Å². The maximum atomic E-state index is 11.3. The van der Waals surface area contributed by atoms with Gasteiger partial charge in [0.25, 0.3) is 0 Å². The van der Waals surface area contributed by atoms with Gasteiger partial charge in [0.05, 0.1) is 5.41 Å². The highest BCUT2D eigenvalue weighted by molar-refractivity contribution is 5.86. The second-order valence-corrected chi connectivity index (χ2v) is 3.71. The predicted octanol–water partition coefficient (Wildman–Crippen LogP) is 1.07. The van der Waals surface area contributed by atoms with E-state index in [1.165, 1.54) is 6.42 Å². The fourth-order valence-electron chi connectivity index (χ4n) is 2.14. The van der Waals surface area contributed by atoms with Gasteiger partial charge >= 0.3 is 0 Å². The van der Waals surface area contributed by atoms with Crippen LogP contribution in [0.5, 0.6) is 0 Å². The molecule has 0 aromatic rings. The molecule has 1 atom stereocenters. The number of carbonyl (C=O) groups excluding carboxylic acids is 1. The smallest absolute Gasteiger partial charge is 0.226 e. The summed E-state index contributed by atoms with van der Waals surface area (Å²) in [5, 5.41) is 2.97. The van der Waals surface area contributed by atoms with Gasteiger partial charge in [0, 0.05) is 6.04 Å². The molecule has 0 aromatic carbocycles. The lowest BCUT2D eigenvalue weighted by Gasteiger charge is -2.34. The van der Waals surface area contributed by atoms with E-state index >= 15 is 0 Å². The summed E-state index contributed by atoms with van der Waals surface area (Å²) >= 11 is 0. The van der Waals surface area contributed by atoms with Crippen LogP contribution in [0.2, 0.25) is 0 Å². The highest BCUT2D eigenvalue weighted by atomic mass is 16.2. The van der Waals surface area contributed by atoms with Gasteiger partial charge in [-0.15, -0.1) is 0 Å². The standard InChI is InChI=1S/C8H13NO/c1-6-5-8(3-2-4-8)7(10)9-6/h6H,2-5H2,1H3,(H,9,10)/t6-/m0/s1. The Balaban J connectivity index is 2.16. The van der Waals surface area contributed by atoms with Crippen LogP contribution in [0, 0.1) is 5.41 Å². The zero-order chi connectivity index (χ0) is 7.19. The summed E-state index contributed by atoms with van der Waals surface area (Å²) in [5.74, 6) is 0.311. The molecule has 0 unspecified atom stereocenters. The van der Waals surface area contributed by atoms with E-state index in [0.717, 1.165) is 19.3 Å². The fourth-order valence-corrected chi connectivity index (χ4v) is 2.14. The summed E-state index contributed by atoms with van der Waals surface area (Å²) in [4.78, 5) is 11.3. The van der Waals surface area contributed by atoms with Crippen LogP contribution in [-0.4, -0.2) is 11.9 Å². The lowest BCUT2D eigenvalue weighted by molar-refractivity contribution is -0.131. The summed E-state index contributed by atoms with van der Waals surface area (Å²) in [6.07, 6.45) is 4.58. The Kier molecular flexibility index (Phi) is 1.08. The molecule has 1 saturated carbocycles. The molecule has 1 heterocycles. The third kappa shape index (κ3) is 0.619. The normalized spacial score (nSPS) is 35.7. The third-order valence-corrected chi connectivity index (χ3v) is 2.87. The van der Waals surface area contributed by atoms with Gasteiger partial charge in [0.2, 0.25) is 5.91 Å². The monoisotopic (exact) mass is 139 g/mol. The van der Waals surface area contributed by atoms with Gasteiger partial charge in [-0.3, -0.25) is 4.79 Å². The molecule has 2 aliphatic rings. The molecule has 2 fully saturated rings. The predicted molar refractivity (Wildman–Crippen MR) is 38.5 cm³/mol. The van der Waals surface area contributed by atoms with Crippen molar-refractivity contribution in [2.24, 2.45) is 5.41 Å². The topological polar surface area (TPSA) is 29.1 Å². The van der Waals surface area contributed by atoms with E-state index in [-0.39, 0.29) is 5.41 Å². The molecule has 0 radical (unpaired) electrons. The van der Waals surface area contributed by atoms with Crippen LogP contribution in [0.25, 0.3) is 0 Å². The first-order valence-electron chi connectivity index (χ1n) is 4.04. The average molecular weight is 139 g/mol. The lowest BCUT2D eigenvalue weighted by Crippen LogP contribution is -2.37. The van der Waals surface area contributed by atoms with Gasteiger partial charge < -0.3 is 5.32 Å². The molecule has 0 aromatic heterocycles. The first kappa shape index (κ1) is 6.20. The lowest BCUT2D eigenvalue weighted by atomic mass is 9.67. The number of carbonyl (C=O) groups is 1. The van der Waals surface area contributed by atoms with E-state index in [2.05, 4.69) is 12.2 Å². The van der Waals surface area contributed by atoms with E-state index in [1.807, 2.05) is 0 Å². The highest BCUT2D eigenvalue weighted by Crippen LogP contribution is 2.47. The summed E-state index contributed by atoms with van der Waals surface area (Å²) in [6.45, 7) is 2.09. The van der Waals surface area contributed by atoms with Crippen molar-refractivity contribution in [3.05, 3.63) is 0 Å². The molecule has 10 heavy (non-hydrogen) atoms. The van der Waals surface area contributed by atoms with E-state index in [9.17, 15) is 4.79 Å². The number of rotatable bonds is 0. The van der Waals surface area contributed by atoms with Gasteiger partial charge in [-0.05, 0) is 26.2 Å². The van der Waals surface area contributed by atoms with E-state index in [1.54, 1.807) is 0 Å². The van der Waals surface area contributed by atoms with Crippen molar-refractivity contribution in [2.45, 2.75) is 38.6 Å². The molecular formula is C8H13NO. The van der Waals surface area contributed by atoms with Crippen molar-refractivity contribution < 1.29 is 4.79 Å². The number of amides is 1. The molecule has 1 aliphatic carbocycles. The van der Waals surface area contributed by atoms with E-state index < -0.39 is 0 Å². The zero-order valence-corrected chi connectivity index (χ0v) is 6.31. The van der Waals surface area contributed by atoms with Crippen LogP contribution in [0.15, 0.2) is 0 Å². The van der Waals surface area contributed by atoms with Crippen LogP contribution in [-0.2, 0) is 4.79 Å². The average Bonchev–Trinajstić information content (AvgIpc) is 2.04. The van der Waals surface area contributed by atoms with Crippen LogP contribution in [0.4, 0.5) is 0 Å². The van der Waals surface area contributed by atoms with Crippen LogP contribution >= 0.6 is 0 Å². The summed E-state index contributed by atoms with van der Waals surface area (Å²) < 4.78 is 0. The minimum Gasteiger partial charge on any atom is -0.353 e. The molecule has 2 rings (SSSR count).